The van der Waals surface area contributed by atoms with Crippen molar-refractivity contribution in [2.24, 2.45) is 5.41 Å². The minimum absolute atomic E-state index is 0.155. The Balaban J connectivity index is 2.01. The van der Waals surface area contributed by atoms with Gasteiger partial charge in [-0.25, -0.2) is 0 Å². The average molecular weight is 142 g/mol. The molecular weight excluding hydrogens is 128 g/mol. The molecule has 0 aromatic carbocycles. The van der Waals surface area contributed by atoms with E-state index in [1.807, 2.05) is 0 Å². The molecule has 0 atom stereocenters. The monoisotopic (exact) mass is 142 g/mol. The Bertz CT molecular complexity index is 145. The zero-order chi connectivity index (χ0) is 7.24. The Hall–Kier alpha value is -0.0800. The van der Waals surface area contributed by atoms with Crippen molar-refractivity contribution in [1.29, 1.82) is 0 Å². The first-order valence-electron chi connectivity index (χ1n) is 4.06. The van der Waals surface area contributed by atoms with Crippen LogP contribution in [0, 0.1) is 5.41 Å². The van der Waals surface area contributed by atoms with Gasteiger partial charge in [-0.15, -0.1) is 0 Å². The van der Waals surface area contributed by atoms with E-state index in [9.17, 15) is 5.11 Å². The first-order valence-corrected chi connectivity index (χ1v) is 4.06. The van der Waals surface area contributed by atoms with Gasteiger partial charge in [-0.05, 0) is 32.1 Å². The van der Waals surface area contributed by atoms with Gasteiger partial charge < -0.3 is 10.2 Å². The summed E-state index contributed by atoms with van der Waals surface area (Å²) in [5.74, 6) is 0. The highest BCUT2D eigenvalue weighted by Gasteiger charge is 2.63. The number of rotatable bonds is 3. The zero-order valence-corrected chi connectivity index (χ0v) is 6.14. The molecule has 10 heavy (non-hydrogen) atoms. The summed E-state index contributed by atoms with van der Waals surface area (Å²) >= 11 is 0. The van der Waals surface area contributed by atoms with Gasteiger partial charge in [0.2, 0.25) is 0 Å². The number of hydrogen-bond donors (Lipinski definition) is 2. The van der Waals surface area contributed by atoms with Crippen molar-refractivity contribution in [1.82, 2.24) is 0 Å². The second-order valence-electron chi connectivity index (χ2n) is 3.79. The van der Waals surface area contributed by atoms with E-state index < -0.39 is 0 Å². The average Bonchev–Trinajstić information content (AvgIpc) is 2.69. The van der Waals surface area contributed by atoms with Crippen LogP contribution in [0.2, 0.25) is 0 Å². The summed E-state index contributed by atoms with van der Waals surface area (Å²) in [5, 5.41) is 18.5. The molecule has 58 valence electrons. The van der Waals surface area contributed by atoms with Gasteiger partial charge in [0.15, 0.2) is 0 Å². The van der Waals surface area contributed by atoms with Gasteiger partial charge >= 0.3 is 0 Å². The fourth-order valence-corrected chi connectivity index (χ4v) is 1.96. The van der Waals surface area contributed by atoms with Crippen LogP contribution in [0.5, 0.6) is 0 Å². The second-order valence-corrected chi connectivity index (χ2v) is 3.79. The summed E-state index contributed by atoms with van der Waals surface area (Å²) in [5.41, 5.74) is -0.197. The molecule has 0 spiro atoms. The summed E-state index contributed by atoms with van der Waals surface area (Å²) in [6.45, 7) is 0.238. The van der Waals surface area contributed by atoms with Crippen molar-refractivity contribution in [3.63, 3.8) is 0 Å². The minimum Gasteiger partial charge on any atom is -0.396 e. The molecule has 2 rings (SSSR count). The Kier molecular flexibility index (Phi) is 1.15. The minimum atomic E-state index is -0.351. The molecule has 0 unspecified atom stereocenters. The maximum atomic E-state index is 9.74. The Morgan fingerprint density at radius 1 is 1.10 bits per heavy atom. The second kappa shape index (κ2) is 1.74. The molecular formula is C8H14O2. The van der Waals surface area contributed by atoms with Crippen molar-refractivity contribution in [3.05, 3.63) is 0 Å². The highest BCUT2D eigenvalue weighted by molar-refractivity contribution is 5.15. The molecule has 0 bridgehead atoms. The van der Waals surface area contributed by atoms with E-state index in [2.05, 4.69) is 0 Å². The highest BCUT2D eigenvalue weighted by atomic mass is 16.3. The molecule has 2 aliphatic carbocycles. The van der Waals surface area contributed by atoms with Crippen LogP contribution in [0.3, 0.4) is 0 Å². The van der Waals surface area contributed by atoms with Crippen molar-refractivity contribution >= 4 is 0 Å². The van der Waals surface area contributed by atoms with Gasteiger partial charge in [0, 0.05) is 12.0 Å². The van der Waals surface area contributed by atoms with Gasteiger partial charge in [0.05, 0.1) is 5.60 Å². The molecule has 2 saturated carbocycles. The molecule has 0 aliphatic heterocycles. The van der Waals surface area contributed by atoms with E-state index in [4.69, 9.17) is 5.11 Å². The fraction of sp³-hybridized carbons (Fsp3) is 1.00. The largest absolute Gasteiger partial charge is 0.396 e. The molecule has 2 fully saturated rings. The first-order chi connectivity index (χ1) is 4.72. The normalized spacial score (nSPS) is 31.8. The van der Waals surface area contributed by atoms with Gasteiger partial charge in [0.1, 0.15) is 0 Å². The summed E-state index contributed by atoms with van der Waals surface area (Å²) in [6, 6.07) is 0. The quantitative estimate of drug-likeness (QED) is 0.608. The predicted octanol–water partition coefficient (Wildman–Crippen LogP) is 0.674. The van der Waals surface area contributed by atoms with Crippen molar-refractivity contribution < 1.29 is 10.2 Å². The molecule has 0 aromatic heterocycles. The smallest absolute Gasteiger partial charge is 0.0706 e. The Labute approximate surface area is 60.9 Å². The third kappa shape index (κ3) is 0.722. The summed E-state index contributed by atoms with van der Waals surface area (Å²) in [6.07, 6.45) is 5.00. The highest BCUT2D eigenvalue weighted by Crippen LogP contribution is 2.65. The molecule has 0 heterocycles. The topological polar surface area (TPSA) is 40.5 Å². The van der Waals surface area contributed by atoms with Gasteiger partial charge in [-0.1, -0.05) is 0 Å². The van der Waals surface area contributed by atoms with Crippen LogP contribution >= 0.6 is 0 Å². The number of aliphatic hydroxyl groups excluding tert-OH is 1. The predicted molar refractivity (Wildman–Crippen MR) is 37.6 cm³/mol. The lowest BCUT2D eigenvalue weighted by Gasteiger charge is -2.19. The molecule has 0 radical (unpaired) electrons. The maximum absolute atomic E-state index is 9.74. The van der Waals surface area contributed by atoms with E-state index in [1.54, 1.807) is 0 Å². The Morgan fingerprint density at radius 3 is 2.00 bits per heavy atom. The van der Waals surface area contributed by atoms with E-state index in [1.165, 1.54) is 0 Å². The van der Waals surface area contributed by atoms with Crippen molar-refractivity contribution in [2.75, 3.05) is 6.61 Å². The SMILES string of the molecule is OCCC1(C2(O)CC2)CC1. The number of aliphatic hydroxyl groups is 2. The van der Waals surface area contributed by atoms with E-state index in [0.29, 0.717) is 0 Å². The van der Waals surface area contributed by atoms with Crippen molar-refractivity contribution in [3.8, 4) is 0 Å². The molecule has 2 heteroatoms. The molecule has 2 aliphatic rings. The Morgan fingerprint density at radius 2 is 1.70 bits per heavy atom. The molecule has 2 N–H and O–H groups in total. The molecule has 0 amide bonds. The van der Waals surface area contributed by atoms with E-state index in [-0.39, 0.29) is 17.6 Å². The van der Waals surface area contributed by atoms with Gasteiger partial charge in [-0.3, -0.25) is 0 Å². The van der Waals surface area contributed by atoms with Crippen LogP contribution in [-0.4, -0.2) is 22.4 Å². The molecule has 2 nitrogen and oxygen atoms in total. The third-order valence-electron chi connectivity index (χ3n) is 3.15. The maximum Gasteiger partial charge on any atom is 0.0706 e. The van der Waals surface area contributed by atoms with Crippen LogP contribution in [-0.2, 0) is 0 Å². The van der Waals surface area contributed by atoms with Crippen LogP contribution in [0.4, 0.5) is 0 Å². The first kappa shape index (κ1) is 6.62. The third-order valence-corrected chi connectivity index (χ3v) is 3.15. The molecule has 0 saturated heterocycles. The lowest BCUT2D eigenvalue weighted by atomic mass is 9.93. The van der Waals surface area contributed by atoms with Crippen LogP contribution in [0.1, 0.15) is 32.1 Å². The zero-order valence-electron chi connectivity index (χ0n) is 6.14. The van der Waals surface area contributed by atoms with Gasteiger partial charge in [-0.2, -0.15) is 0 Å². The summed E-state index contributed by atoms with van der Waals surface area (Å²) in [4.78, 5) is 0. The van der Waals surface area contributed by atoms with Crippen molar-refractivity contribution in [2.45, 2.75) is 37.7 Å². The summed E-state index contributed by atoms with van der Waals surface area (Å²) < 4.78 is 0. The molecule has 0 aromatic rings. The lowest BCUT2D eigenvalue weighted by molar-refractivity contribution is 0.0501. The van der Waals surface area contributed by atoms with E-state index in [0.717, 1.165) is 32.1 Å². The fourth-order valence-electron chi connectivity index (χ4n) is 1.96. The standard InChI is InChI=1S/C8H14O2/c9-6-5-7(1-2-7)8(10)3-4-8/h9-10H,1-6H2. The van der Waals surface area contributed by atoms with Gasteiger partial charge in [0.25, 0.3) is 0 Å². The van der Waals surface area contributed by atoms with Crippen LogP contribution < -0.4 is 0 Å². The number of hydrogen-bond acceptors (Lipinski definition) is 2. The van der Waals surface area contributed by atoms with Crippen LogP contribution in [0.25, 0.3) is 0 Å². The summed E-state index contributed by atoms with van der Waals surface area (Å²) in [7, 11) is 0. The lowest BCUT2D eigenvalue weighted by Crippen LogP contribution is -2.24. The van der Waals surface area contributed by atoms with E-state index >= 15 is 0 Å². The van der Waals surface area contributed by atoms with Crippen LogP contribution in [0.15, 0.2) is 0 Å².